The first-order valence-corrected chi connectivity index (χ1v) is 8.32. The summed E-state index contributed by atoms with van der Waals surface area (Å²) in [6.07, 6.45) is 0.933. The van der Waals surface area contributed by atoms with E-state index in [-0.39, 0.29) is 5.54 Å². The van der Waals surface area contributed by atoms with E-state index in [1.54, 1.807) is 0 Å². The average molecular weight is 302 g/mol. The number of nitrogens with one attached hydrogen (secondary N) is 1. The van der Waals surface area contributed by atoms with Crippen LogP contribution in [0.25, 0.3) is 0 Å². The molecule has 0 aliphatic rings. The van der Waals surface area contributed by atoms with Gasteiger partial charge in [-0.3, -0.25) is 0 Å². The van der Waals surface area contributed by atoms with Crippen LogP contribution in [0, 0.1) is 20.8 Å². The number of nitrogens with zero attached hydrogens (tertiary/aromatic N) is 1. The lowest BCUT2D eigenvalue weighted by Crippen LogP contribution is -2.34. The molecule has 2 rings (SSSR count). The molecule has 2 aromatic rings. The molecule has 3 heteroatoms. The van der Waals surface area contributed by atoms with Gasteiger partial charge in [0.1, 0.15) is 0 Å². The fraction of sp³-hybridized carbons (Fsp3) is 0.500. The van der Waals surface area contributed by atoms with Crippen LogP contribution in [0.3, 0.4) is 0 Å². The van der Waals surface area contributed by atoms with Crippen molar-refractivity contribution in [2.45, 2.75) is 60.0 Å². The van der Waals surface area contributed by atoms with Crippen LogP contribution < -0.4 is 5.32 Å². The highest BCUT2D eigenvalue weighted by Gasteiger charge is 2.13. The summed E-state index contributed by atoms with van der Waals surface area (Å²) < 4.78 is 0. The van der Waals surface area contributed by atoms with Crippen molar-refractivity contribution in [1.82, 2.24) is 10.3 Å². The summed E-state index contributed by atoms with van der Waals surface area (Å²) >= 11 is 1.83. The minimum atomic E-state index is 0.144. The van der Waals surface area contributed by atoms with Crippen molar-refractivity contribution in [1.29, 1.82) is 0 Å². The van der Waals surface area contributed by atoms with Gasteiger partial charge in [0, 0.05) is 23.4 Å². The number of aryl methyl sites for hydroxylation is 3. The van der Waals surface area contributed by atoms with Crippen LogP contribution in [0.2, 0.25) is 0 Å². The minimum absolute atomic E-state index is 0.144. The molecule has 0 spiro atoms. The van der Waals surface area contributed by atoms with Gasteiger partial charge in [-0.05, 0) is 58.2 Å². The molecule has 0 aliphatic heterocycles. The van der Waals surface area contributed by atoms with Gasteiger partial charge < -0.3 is 5.32 Å². The molecule has 1 heterocycles. The third-order valence-electron chi connectivity index (χ3n) is 3.64. The van der Waals surface area contributed by atoms with Gasteiger partial charge in [-0.1, -0.05) is 18.2 Å². The third-order valence-corrected chi connectivity index (χ3v) is 4.80. The van der Waals surface area contributed by atoms with Crippen molar-refractivity contribution in [3.05, 3.63) is 50.5 Å². The molecule has 0 aliphatic carbocycles. The summed E-state index contributed by atoms with van der Waals surface area (Å²) in [5, 5.41) is 4.75. The van der Waals surface area contributed by atoms with Crippen molar-refractivity contribution in [3.63, 3.8) is 0 Å². The molecule has 0 saturated carbocycles. The van der Waals surface area contributed by atoms with Gasteiger partial charge in [0.25, 0.3) is 0 Å². The molecule has 1 aromatic carbocycles. The maximum Gasteiger partial charge on any atom is 0.0975 e. The van der Waals surface area contributed by atoms with E-state index in [1.807, 2.05) is 11.3 Å². The molecule has 0 radical (unpaired) electrons. The average Bonchev–Trinajstić information content (AvgIpc) is 2.71. The fourth-order valence-electron chi connectivity index (χ4n) is 2.16. The first kappa shape index (κ1) is 16.2. The minimum Gasteiger partial charge on any atom is -0.307 e. The molecule has 0 atom stereocenters. The predicted molar refractivity (Wildman–Crippen MR) is 92.2 cm³/mol. The predicted octanol–water partition coefficient (Wildman–Crippen LogP) is 4.55. The molecule has 2 nitrogen and oxygen atoms in total. The van der Waals surface area contributed by atoms with Gasteiger partial charge in [-0.15, -0.1) is 11.3 Å². The van der Waals surface area contributed by atoms with Gasteiger partial charge in [-0.2, -0.15) is 0 Å². The van der Waals surface area contributed by atoms with Crippen molar-refractivity contribution in [2.75, 3.05) is 0 Å². The summed E-state index contributed by atoms with van der Waals surface area (Å²) in [6, 6.07) is 6.69. The van der Waals surface area contributed by atoms with E-state index in [1.165, 1.54) is 26.6 Å². The number of rotatable bonds is 4. The Hall–Kier alpha value is -1.19. The number of hydrogen-bond acceptors (Lipinski definition) is 3. The Morgan fingerprint density at radius 3 is 2.43 bits per heavy atom. The van der Waals surface area contributed by atoms with Crippen molar-refractivity contribution >= 4 is 11.3 Å². The molecule has 0 bridgehead atoms. The Morgan fingerprint density at radius 2 is 1.81 bits per heavy atom. The van der Waals surface area contributed by atoms with Gasteiger partial charge in [0.2, 0.25) is 0 Å². The Labute approximate surface area is 132 Å². The highest BCUT2D eigenvalue weighted by atomic mass is 32.1. The number of benzene rings is 1. The fourth-order valence-corrected chi connectivity index (χ4v) is 3.20. The summed E-state index contributed by atoms with van der Waals surface area (Å²) in [4.78, 5) is 6.09. The Kier molecular flexibility index (Phi) is 4.84. The molecular formula is C18H26N2S. The van der Waals surface area contributed by atoms with E-state index in [2.05, 4.69) is 65.1 Å². The molecule has 0 amide bonds. The quantitative estimate of drug-likeness (QED) is 0.896. The van der Waals surface area contributed by atoms with Crippen molar-refractivity contribution in [3.8, 4) is 0 Å². The van der Waals surface area contributed by atoms with E-state index < -0.39 is 0 Å². The van der Waals surface area contributed by atoms with Gasteiger partial charge in [0.15, 0.2) is 0 Å². The number of thiazole rings is 1. The number of hydrogen-bond donors (Lipinski definition) is 1. The molecular weight excluding hydrogens is 276 g/mol. The second-order valence-electron chi connectivity index (χ2n) is 6.82. The summed E-state index contributed by atoms with van der Waals surface area (Å²) in [5.74, 6) is 0. The number of aromatic nitrogens is 1. The van der Waals surface area contributed by atoms with E-state index >= 15 is 0 Å². The summed E-state index contributed by atoms with van der Waals surface area (Å²) in [5.41, 5.74) is 5.36. The summed E-state index contributed by atoms with van der Waals surface area (Å²) in [6.45, 7) is 13.9. The monoisotopic (exact) mass is 302 g/mol. The standard InChI is InChI=1S/C18H26N2S/c1-12-7-8-15(9-13(12)2)10-17-20-14(3)16(21-17)11-19-18(4,5)6/h7-9,19H,10-11H2,1-6H3. The van der Waals surface area contributed by atoms with Crippen LogP contribution in [0.15, 0.2) is 18.2 Å². The third kappa shape index (κ3) is 4.65. The van der Waals surface area contributed by atoms with Gasteiger partial charge in [-0.25, -0.2) is 4.98 Å². The van der Waals surface area contributed by atoms with Crippen molar-refractivity contribution in [2.24, 2.45) is 0 Å². The highest BCUT2D eigenvalue weighted by Crippen LogP contribution is 2.22. The Balaban J connectivity index is 2.09. The molecule has 0 saturated heterocycles. The highest BCUT2D eigenvalue weighted by molar-refractivity contribution is 7.11. The maximum absolute atomic E-state index is 4.74. The van der Waals surface area contributed by atoms with Crippen LogP contribution >= 0.6 is 11.3 Å². The van der Waals surface area contributed by atoms with E-state index in [0.29, 0.717) is 0 Å². The first-order chi connectivity index (χ1) is 9.74. The van der Waals surface area contributed by atoms with Crippen LogP contribution in [-0.2, 0) is 13.0 Å². The van der Waals surface area contributed by atoms with Crippen LogP contribution in [-0.4, -0.2) is 10.5 Å². The van der Waals surface area contributed by atoms with Gasteiger partial charge in [0.05, 0.1) is 10.7 Å². The lowest BCUT2D eigenvalue weighted by atomic mass is 10.0. The van der Waals surface area contributed by atoms with Crippen LogP contribution in [0.4, 0.5) is 0 Å². The largest absolute Gasteiger partial charge is 0.307 e. The second-order valence-corrected chi connectivity index (χ2v) is 7.98. The first-order valence-electron chi connectivity index (χ1n) is 7.51. The molecule has 21 heavy (non-hydrogen) atoms. The normalized spacial score (nSPS) is 11.9. The molecule has 0 unspecified atom stereocenters. The molecule has 0 fully saturated rings. The lowest BCUT2D eigenvalue weighted by Gasteiger charge is -2.19. The smallest absolute Gasteiger partial charge is 0.0975 e. The van der Waals surface area contributed by atoms with Crippen molar-refractivity contribution < 1.29 is 0 Å². The summed E-state index contributed by atoms with van der Waals surface area (Å²) in [7, 11) is 0. The maximum atomic E-state index is 4.74. The van der Waals surface area contributed by atoms with E-state index in [4.69, 9.17) is 4.98 Å². The second kappa shape index (κ2) is 6.29. The zero-order valence-corrected chi connectivity index (χ0v) is 14.8. The molecule has 1 N–H and O–H groups in total. The lowest BCUT2D eigenvalue weighted by molar-refractivity contribution is 0.425. The zero-order chi connectivity index (χ0) is 15.6. The van der Waals surface area contributed by atoms with E-state index in [0.717, 1.165) is 18.7 Å². The Morgan fingerprint density at radius 1 is 1.10 bits per heavy atom. The SMILES string of the molecule is Cc1ccc(Cc2nc(C)c(CNC(C)(C)C)s2)cc1C. The van der Waals surface area contributed by atoms with E-state index in [9.17, 15) is 0 Å². The van der Waals surface area contributed by atoms with Crippen LogP contribution in [0.1, 0.15) is 53.0 Å². The van der Waals surface area contributed by atoms with Crippen LogP contribution in [0.5, 0.6) is 0 Å². The molecule has 1 aromatic heterocycles. The zero-order valence-electron chi connectivity index (χ0n) is 14.0. The van der Waals surface area contributed by atoms with Gasteiger partial charge >= 0.3 is 0 Å². The molecule has 114 valence electrons. The Bertz CT molecular complexity index is 621. The topological polar surface area (TPSA) is 24.9 Å².